The summed E-state index contributed by atoms with van der Waals surface area (Å²) in [5.74, 6) is -1.05. The molecule has 0 spiro atoms. The van der Waals surface area contributed by atoms with Gasteiger partial charge in [-0.3, -0.25) is 19.5 Å². The second-order valence-corrected chi connectivity index (χ2v) is 4.84. The summed E-state index contributed by atoms with van der Waals surface area (Å²) in [6, 6.07) is 0.306. The molecule has 1 aromatic heterocycles. The van der Waals surface area contributed by atoms with Crippen molar-refractivity contribution in [2.75, 3.05) is 13.1 Å². The lowest BCUT2D eigenvalue weighted by Crippen LogP contribution is -2.54. The second-order valence-electron chi connectivity index (χ2n) is 4.84. The van der Waals surface area contributed by atoms with E-state index in [2.05, 4.69) is 15.3 Å². The Kier molecular flexibility index (Phi) is 4.62. The molecule has 2 N–H and O–H groups in total. The molecule has 108 valence electrons. The maximum Gasteiger partial charge on any atom is 0.317 e. The third kappa shape index (κ3) is 3.51. The highest BCUT2D eigenvalue weighted by Crippen LogP contribution is 2.25. The number of amides is 1. The summed E-state index contributed by atoms with van der Waals surface area (Å²) >= 11 is 0. The molecule has 1 aliphatic carbocycles. The van der Waals surface area contributed by atoms with Gasteiger partial charge in [-0.25, -0.2) is 4.98 Å². The number of carbonyl (C=O) groups excluding carboxylic acids is 1. The second kappa shape index (κ2) is 6.42. The van der Waals surface area contributed by atoms with Gasteiger partial charge in [0, 0.05) is 24.5 Å². The number of hydrogen-bond acceptors (Lipinski definition) is 5. The van der Waals surface area contributed by atoms with Crippen molar-refractivity contribution in [3.63, 3.8) is 0 Å². The van der Waals surface area contributed by atoms with E-state index >= 15 is 0 Å². The van der Waals surface area contributed by atoms with Crippen LogP contribution in [0, 0.1) is 0 Å². The molecule has 1 amide bonds. The third-order valence-electron chi connectivity index (χ3n) is 3.51. The first kappa shape index (κ1) is 14.4. The highest BCUT2D eigenvalue weighted by atomic mass is 16.4. The molecule has 7 heteroatoms. The van der Waals surface area contributed by atoms with Crippen molar-refractivity contribution in [1.29, 1.82) is 0 Å². The Morgan fingerprint density at radius 1 is 1.45 bits per heavy atom. The van der Waals surface area contributed by atoms with Crippen molar-refractivity contribution in [3.8, 4) is 0 Å². The molecule has 0 saturated heterocycles. The highest BCUT2D eigenvalue weighted by molar-refractivity contribution is 5.92. The first-order valence-electron chi connectivity index (χ1n) is 6.63. The molecule has 0 unspecified atom stereocenters. The summed E-state index contributed by atoms with van der Waals surface area (Å²) in [5, 5.41) is 11.7. The largest absolute Gasteiger partial charge is 0.480 e. The van der Waals surface area contributed by atoms with Gasteiger partial charge < -0.3 is 10.4 Å². The van der Waals surface area contributed by atoms with E-state index in [0.29, 0.717) is 12.2 Å². The van der Waals surface area contributed by atoms with Crippen molar-refractivity contribution >= 4 is 11.9 Å². The van der Waals surface area contributed by atoms with E-state index in [1.54, 1.807) is 0 Å². The molecule has 1 aromatic rings. The van der Waals surface area contributed by atoms with Crippen molar-refractivity contribution in [2.24, 2.45) is 0 Å². The molecule has 0 bridgehead atoms. The van der Waals surface area contributed by atoms with Gasteiger partial charge in [0.05, 0.1) is 12.7 Å². The number of nitrogens with zero attached hydrogens (tertiary/aromatic N) is 3. The predicted octanol–water partition coefficient (Wildman–Crippen LogP) is 0.144. The normalized spacial score (nSPS) is 21.3. The van der Waals surface area contributed by atoms with Crippen LogP contribution in [-0.4, -0.2) is 57.0 Å². The Hall–Kier alpha value is -2.02. The maximum absolute atomic E-state index is 11.9. The molecule has 0 atom stereocenters. The van der Waals surface area contributed by atoms with Crippen LogP contribution in [0.15, 0.2) is 18.6 Å². The molecule has 0 aliphatic heterocycles. The van der Waals surface area contributed by atoms with Crippen LogP contribution in [0.25, 0.3) is 0 Å². The molecule has 20 heavy (non-hydrogen) atoms. The summed E-state index contributed by atoms with van der Waals surface area (Å²) in [5.41, 5.74) is 0.300. The van der Waals surface area contributed by atoms with Crippen LogP contribution in [0.4, 0.5) is 0 Å². The quantitative estimate of drug-likeness (QED) is 0.768. The first-order chi connectivity index (χ1) is 9.60. The van der Waals surface area contributed by atoms with Gasteiger partial charge in [0.1, 0.15) is 5.69 Å². The van der Waals surface area contributed by atoms with Gasteiger partial charge in [0.2, 0.25) is 0 Å². The number of aliphatic carboxylic acids is 1. The zero-order chi connectivity index (χ0) is 14.5. The van der Waals surface area contributed by atoms with E-state index in [-0.39, 0.29) is 24.5 Å². The first-order valence-corrected chi connectivity index (χ1v) is 6.63. The SMILES string of the molecule is CCN(CC(=O)O)C1CC(NC(=O)c2cnccn2)C1. The van der Waals surface area contributed by atoms with Crippen LogP contribution in [0.2, 0.25) is 0 Å². The zero-order valence-electron chi connectivity index (χ0n) is 11.3. The Balaban J connectivity index is 1.79. The lowest BCUT2D eigenvalue weighted by molar-refractivity contribution is -0.139. The topological polar surface area (TPSA) is 95.4 Å². The molecular formula is C13H18N4O3. The van der Waals surface area contributed by atoms with Gasteiger partial charge in [0.25, 0.3) is 5.91 Å². The summed E-state index contributed by atoms with van der Waals surface area (Å²) in [4.78, 5) is 32.3. The number of hydrogen-bond donors (Lipinski definition) is 2. The third-order valence-corrected chi connectivity index (χ3v) is 3.51. The number of rotatable bonds is 6. The van der Waals surface area contributed by atoms with Crippen LogP contribution in [0.3, 0.4) is 0 Å². The van der Waals surface area contributed by atoms with E-state index in [1.165, 1.54) is 18.6 Å². The van der Waals surface area contributed by atoms with Gasteiger partial charge in [0.15, 0.2) is 0 Å². The fraction of sp³-hybridized carbons (Fsp3) is 0.538. The van der Waals surface area contributed by atoms with Crippen LogP contribution < -0.4 is 5.32 Å². The predicted molar refractivity (Wildman–Crippen MR) is 71.2 cm³/mol. The molecule has 1 fully saturated rings. The monoisotopic (exact) mass is 278 g/mol. The van der Waals surface area contributed by atoms with Crippen LogP contribution in [0.1, 0.15) is 30.3 Å². The standard InChI is InChI=1S/C13H18N4O3/c1-2-17(8-12(18)19)10-5-9(6-10)16-13(20)11-7-14-3-4-15-11/h3-4,7,9-10H,2,5-6,8H2,1H3,(H,16,20)(H,18,19). The smallest absolute Gasteiger partial charge is 0.317 e. The summed E-state index contributed by atoms with van der Waals surface area (Å²) in [7, 11) is 0. The molecule has 1 aliphatic rings. The average Bonchev–Trinajstić information content (AvgIpc) is 2.40. The van der Waals surface area contributed by atoms with Crippen LogP contribution >= 0.6 is 0 Å². The van der Waals surface area contributed by atoms with Crippen molar-refractivity contribution < 1.29 is 14.7 Å². The number of carboxylic acids is 1. The van der Waals surface area contributed by atoms with Gasteiger partial charge in [-0.1, -0.05) is 6.92 Å². The van der Waals surface area contributed by atoms with Crippen molar-refractivity contribution in [2.45, 2.75) is 31.8 Å². The average molecular weight is 278 g/mol. The zero-order valence-corrected chi connectivity index (χ0v) is 11.3. The molecule has 0 radical (unpaired) electrons. The van der Waals surface area contributed by atoms with Gasteiger partial charge in [-0.05, 0) is 19.4 Å². The van der Waals surface area contributed by atoms with E-state index in [9.17, 15) is 9.59 Å². The molecule has 1 heterocycles. The Bertz CT molecular complexity index is 474. The number of carboxylic acid groups (broad SMARTS) is 1. The minimum absolute atomic E-state index is 0.0476. The molecule has 1 saturated carbocycles. The minimum Gasteiger partial charge on any atom is -0.480 e. The Morgan fingerprint density at radius 2 is 2.20 bits per heavy atom. The lowest BCUT2D eigenvalue weighted by atomic mass is 9.85. The molecular weight excluding hydrogens is 260 g/mol. The lowest BCUT2D eigenvalue weighted by Gasteiger charge is -2.42. The fourth-order valence-electron chi connectivity index (χ4n) is 2.35. The van der Waals surface area contributed by atoms with Gasteiger partial charge in [-0.15, -0.1) is 0 Å². The van der Waals surface area contributed by atoms with Crippen LogP contribution in [-0.2, 0) is 4.79 Å². The number of likely N-dealkylation sites (N-methyl/N-ethyl adjacent to an activating group) is 1. The van der Waals surface area contributed by atoms with E-state index in [1.807, 2.05) is 11.8 Å². The van der Waals surface area contributed by atoms with Gasteiger partial charge >= 0.3 is 5.97 Å². The van der Waals surface area contributed by atoms with E-state index in [4.69, 9.17) is 5.11 Å². The number of carbonyl (C=O) groups is 2. The minimum atomic E-state index is -0.820. The highest BCUT2D eigenvalue weighted by Gasteiger charge is 2.34. The number of nitrogens with one attached hydrogen (secondary N) is 1. The molecule has 0 aromatic carbocycles. The van der Waals surface area contributed by atoms with Gasteiger partial charge in [-0.2, -0.15) is 0 Å². The summed E-state index contributed by atoms with van der Waals surface area (Å²) in [6.07, 6.45) is 5.96. The number of aromatic nitrogens is 2. The summed E-state index contributed by atoms with van der Waals surface area (Å²) in [6.45, 7) is 2.68. The van der Waals surface area contributed by atoms with E-state index < -0.39 is 5.97 Å². The molecule has 2 rings (SSSR count). The van der Waals surface area contributed by atoms with Crippen molar-refractivity contribution in [3.05, 3.63) is 24.3 Å². The molecule has 7 nitrogen and oxygen atoms in total. The Labute approximate surface area is 117 Å². The Morgan fingerprint density at radius 3 is 2.75 bits per heavy atom. The van der Waals surface area contributed by atoms with Crippen molar-refractivity contribution in [1.82, 2.24) is 20.2 Å². The summed E-state index contributed by atoms with van der Waals surface area (Å²) < 4.78 is 0. The fourth-order valence-corrected chi connectivity index (χ4v) is 2.35. The maximum atomic E-state index is 11.9. The van der Waals surface area contributed by atoms with E-state index in [0.717, 1.165) is 12.8 Å². The van der Waals surface area contributed by atoms with Crippen LogP contribution in [0.5, 0.6) is 0 Å².